The largest absolute Gasteiger partial charge is 0.494 e. The zero-order valence-electron chi connectivity index (χ0n) is 13.8. The van der Waals surface area contributed by atoms with Gasteiger partial charge >= 0.3 is 0 Å². The van der Waals surface area contributed by atoms with Crippen molar-refractivity contribution in [3.8, 4) is 11.5 Å². The highest BCUT2D eigenvalue weighted by molar-refractivity contribution is 7.89. The van der Waals surface area contributed by atoms with E-state index in [4.69, 9.17) is 9.47 Å². The standard InChI is InChI=1S/C17H20FNO4S/c1-4-23-14-6-8-15(9-7-14)24(20,21)19(2)12-13-5-10-17(22-3)16(18)11-13/h5-11H,4,12H2,1-3H3. The van der Waals surface area contributed by atoms with E-state index in [0.29, 0.717) is 17.9 Å². The van der Waals surface area contributed by atoms with Crippen LogP contribution in [-0.2, 0) is 16.6 Å². The normalized spacial score (nSPS) is 11.5. The first-order valence-electron chi connectivity index (χ1n) is 7.40. The second-order valence-electron chi connectivity index (χ2n) is 5.13. The van der Waals surface area contributed by atoms with E-state index < -0.39 is 15.8 Å². The highest BCUT2D eigenvalue weighted by atomic mass is 32.2. The van der Waals surface area contributed by atoms with Gasteiger partial charge in [-0.3, -0.25) is 0 Å². The summed E-state index contributed by atoms with van der Waals surface area (Å²) in [6.07, 6.45) is 0. The summed E-state index contributed by atoms with van der Waals surface area (Å²) in [5, 5.41) is 0. The summed E-state index contributed by atoms with van der Waals surface area (Å²) in [5.41, 5.74) is 0.533. The fraction of sp³-hybridized carbons (Fsp3) is 0.294. The maximum absolute atomic E-state index is 13.7. The average molecular weight is 353 g/mol. The van der Waals surface area contributed by atoms with Gasteiger partial charge in [0.25, 0.3) is 0 Å². The maximum Gasteiger partial charge on any atom is 0.243 e. The summed E-state index contributed by atoms with van der Waals surface area (Å²) in [5.74, 6) is 0.203. The third kappa shape index (κ3) is 4.04. The molecule has 0 aliphatic rings. The Morgan fingerprint density at radius 2 is 1.79 bits per heavy atom. The van der Waals surface area contributed by atoms with Crippen molar-refractivity contribution in [3.05, 3.63) is 53.8 Å². The van der Waals surface area contributed by atoms with E-state index in [9.17, 15) is 12.8 Å². The number of rotatable bonds is 7. The van der Waals surface area contributed by atoms with Gasteiger partial charge in [-0.25, -0.2) is 12.8 Å². The van der Waals surface area contributed by atoms with Crippen molar-refractivity contribution in [3.63, 3.8) is 0 Å². The van der Waals surface area contributed by atoms with E-state index >= 15 is 0 Å². The van der Waals surface area contributed by atoms with Gasteiger partial charge in [0.1, 0.15) is 5.75 Å². The first-order valence-corrected chi connectivity index (χ1v) is 8.84. The number of ether oxygens (including phenoxy) is 2. The molecule has 0 amide bonds. The lowest BCUT2D eigenvalue weighted by atomic mass is 10.2. The molecule has 0 aromatic heterocycles. The molecule has 2 aromatic rings. The van der Waals surface area contributed by atoms with Crippen LogP contribution in [0.15, 0.2) is 47.4 Å². The lowest BCUT2D eigenvalue weighted by molar-refractivity contribution is 0.340. The maximum atomic E-state index is 13.7. The number of methoxy groups -OCH3 is 1. The zero-order chi connectivity index (χ0) is 17.7. The van der Waals surface area contributed by atoms with Crippen LogP contribution in [0.3, 0.4) is 0 Å². The minimum Gasteiger partial charge on any atom is -0.494 e. The molecule has 0 saturated carbocycles. The van der Waals surface area contributed by atoms with Crippen molar-refractivity contribution >= 4 is 10.0 Å². The van der Waals surface area contributed by atoms with E-state index in [1.807, 2.05) is 6.92 Å². The van der Waals surface area contributed by atoms with Crippen LogP contribution in [0.2, 0.25) is 0 Å². The molecule has 130 valence electrons. The van der Waals surface area contributed by atoms with Crippen molar-refractivity contribution in [2.24, 2.45) is 0 Å². The summed E-state index contributed by atoms with van der Waals surface area (Å²) in [4.78, 5) is 0.155. The molecular weight excluding hydrogens is 333 g/mol. The minimum absolute atomic E-state index is 0.0520. The monoisotopic (exact) mass is 353 g/mol. The average Bonchev–Trinajstić information content (AvgIpc) is 2.56. The van der Waals surface area contributed by atoms with Gasteiger partial charge in [0, 0.05) is 13.6 Å². The van der Waals surface area contributed by atoms with Gasteiger partial charge in [0.2, 0.25) is 10.0 Å². The fourth-order valence-corrected chi connectivity index (χ4v) is 3.36. The van der Waals surface area contributed by atoms with Crippen LogP contribution in [0.25, 0.3) is 0 Å². The second kappa shape index (κ2) is 7.63. The van der Waals surface area contributed by atoms with E-state index in [-0.39, 0.29) is 17.2 Å². The third-order valence-electron chi connectivity index (χ3n) is 3.46. The van der Waals surface area contributed by atoms with Gasteiger partial charge in [-0.05, 0) is 48.9 Å². The molecule has 7 heteroatoms. The van der Waals surface area contributed by atoms with Crippen LogP contribution in [0, 0.1) is 5.82 Å². The number of nitrogens with zero attached hydrogens (tertiary/aromatic N) is 1. The third-order valence-corrected chi connectivity index (χ3v) is 5.28. The van der Waals surface area contributed by atoms with Crippen LogP contribution in [0.4, 0.5) is 4.39 Å². The number of benzene rings is 2. The summed E-state index contributed by atoms with van der Waals surface area (Å²) in [6.45, 7) is 2.41. The van der Waals surface area contributed by atoms with Crippen LogP contribution in [0.5, 0.6) is 11.5 Å². The van der Waals surface area contributed by atoms with E-state index in [1.54, 1.807) is 18.2 Å². The van der Waals surface area contributed by atoms with E-state index in [0.717, 1.165) is 0 Å². The smallest absolute Gasteiger partial charge is 0.243 e. The summed E-state index contributed by atoms with van der Waals surface area (Å²) >= 11 is 0. The van der Waals surface area contributed by atoms with Gasteiger partial charge in [0.15, 0.2) is 11.6 Å². The quantitative estimate of drug-likeness (QED) is 0.768. The van der Waals surface area contributed by atoms with Gasteiger partial charge in [-0.1, -0.05) is 6.07 Å². The van der Waals surface area contributed by atoms with E-state index in [1.165, 1.54) is 42.7 Å². The minimum atomic E-state index is -3.67. The van der Waals surface area contributed by atoms with Crippen LogP contribution >= 0.6 is 0 Å². The molecule has 5 nitrogen and oxygen atoms in total. The number of hydrogen-bond acceptors (Lipinski definition) is 4. The molecule has 0 heterocycles. The zero-order valence-corrected chi connectivity index (χ0v) is 14.6. The highest BCUT2D eigenvalue weighted by Gasteiger charge is 2.21. The molecule has 0 radical (unpaired) electrons. The second-order valence-corrected chi connectivity index (χ2v) is 7.18. The van der Waals surface area contributed by atoms with Gasteiger partial charge in [-0.15, -0.1) is 0 Å². The number of halogens is 1. The Hall–Kier alpha value is -2.12. The Labute approximate surface area is 141 Å². The molecule has 0 N–H and O–H groups in total. The molecular formula is C17H20FNO4S. The summed E-state index contributed by atoms with van der Waals surface area (Å²) in [6, 6.07) is 10.6. The van der Waals surface area contributed by atoms with E-state index in [2.05, 4.69) is 0 Å². The molecule has 0 saturated heterocycles. The molecule has 2 rings (SSSR count). The summed E-state index contributed by atoms with van der Waals surface area (Å²) < 4.78 is 50.2. The Morgan fingerprint density at radius 1 is 1.12 bits per heavy atom. The predicted octanol–water partition coefficient (Wildman–Crippen LogP) is 3.05. The van der Waals surface area contributed by atoms with Crippen LogP contribution < -0.4 is 9.47 Å². The molecule has 0 fully saturated rings. The van der Waals surface area contributed by atoms with Crippen molar-refractivity contribution in [1.82, 2.24) is 4.31 Å². The molecule has 0 bridgehead atoms. The molecule has 0 aliphatic heterocycles. The van der Waals surface area contributed by atoms with Crippen molar-refractivity contribution in [1.29, 1.82) is 0 Å². The van der Waals surface area contributed by atoms with Gasteiger partial charge in [0.05, 0.1) is 18.6 Å². The Kier molecular flexibility index (Phi) is 5.80. The number of hydrogen-bond donors (Lipinski definition) is 0. The first kappa shape index (κ1) is 18.2. The Morgan fingerprint density at radius 3 is 2.33 bits per heavy atom. The van der Waals surface area contributed by atoms with Gasteiger partial charge in [-0.2, -0.15) is 4.31 Å². The van der Waals surface area contributed by atoms with Crippen LogP contribution in [0.1, 0.15) is 12.5 Å². The molecule has 0 spiro atoms. The first-order chi connectivity index (χ1) is 11.4. The summed E-state index contributed by atoms with van der Waals surface area (Å²) in [7, 11) is -0.845. The Balaban J connectivity index is 2.17. The topological polar surface area (TPSA) is 55.8 Å². The molecule has 0 atom stereocenters. The fourth-order valence-electron chi connectivity index (χ4n) is 2.20. The predicted molar refractivity (Wildman–Crippen MR) is 89.2 cm³/mol. The molecule has 0 aliphatic carbocycles. The van der Waals surface area contributed by atoms with Crippen LogP contribution in [-0.4, -0.2) is 33.5 Å². The van der Waals surface area contributed by atoms with Crippen molar-refractivity contribution in [2.45, 2.75) is 18.4 Å². The molecule has 24 heavy (non-hydrogen) atoms. The Bertz CT molecular complexity index is 791. The molecule has 0 unspecified atom stereocenters. The number of sulfonamides is 1. The van der Waals surface area contributed by atoms with Crippen molar-refractivity contribution in [2.75, 3.05) is 20.8 Å². The van der Waals surface area contributed by atoms with Gasteiger partial charge < -0.3 is 9.47 Å². The SMILES string of the molecule is CCOc1ccc(S(=O)(=O)N(C)Cc2ccc(OC)c(F)c2)cc1. The highest BCUT2D eigenvalue weighted by Crippen LogP contribution is 2.22. The molecule has 2 aromatic carbocycles. The van der Waals surface area contributed by atoms with Crippen molar-refractivity contribution < 1.29 is 22.3 Å². The lowest BCUT2D eigenvalue weighted by Crippen LogP contribution is -2.26. The lowest BCUT2D eigenvalue weighted by Gasteiger charge is -2.18.